The van der Waals surface area contributed by atoms with Crippen LogP contribution in [0.4, 0.5) is 0 Å². The third-order valence-electron chi connectivity index (χ3n) is 4.69. The highest BCUT2D eigenvalue weighted by Crippen LogP contribution is 2.53. The Labute approximate surface area is 137 Å². The van der Waals surface area contributed by atoms with Gasteiger partial charge in [0.2, 0.25) is 11.8 Å². The minimum absolute atomic E-state index is 0.0999. The molecule has 7 heteroatoms. The summed E-state index contributed by atoms with van der Waals surface area (Å²) in [5.74, 6) is -1.98. The maximum Gasteiger partial charge on any atom is 0.305 e. The Morgan fingerprint density at radius 3 is 2.04 bits per heavy atom. The molecule has 1 fully saturated rings. The van der Waals surface area contributed by atoms with Crippen molar-refractivity contribution in [2.75, 3.05) is 0 Å². The minimum Gasteiger partial charge on any atom is -0.481 e. The van der Waals surface area contributed by atoms with Crippen molar-refractivity contribution in [1.82, 2.24) is 10.6 Å². The van der Waals surface area contributed by atoms with Crippen molar-refractivity contribution in [3.05, 3.63) is 0 Å². The molecule has 0 aliphatic heterocycles. The molecule has 2 atom stereocenters. The summed E-state index contributed by atoms with van der Waals surface area (Å²) < 4.78 is 0. The third-order valence-corrected chi connectivity index (χ3v) is 4.69. The molecule has 2 amide bonds. The number of carbonyl (C=O) groups is 3. The average Bonchev–Trinajstić information content (AvgIpc) is 2.56. The molecule has 1 rings (SSSR count). The summed E-state index contributed by atoms with van der Waals surface area (Å²) in [7, 11) is 0. The lowest BCUT2D eigenvalue weighted by Gasteiger charge is -2.35. The highest BCUT2D eigenvalue weighted by Gasteiger charge is 2.50. The van der Waals surface area contributed by atoms with Crippen molar-refractivity contribution in [2.45, 2.75) is 66.1 Å². The second kappa shape index (κ2) is 6.86. The normalized spacial score (nSPS) is 22.2. The van der Waals surface area contributed by atoms with Crippen LogP contribution in [-0.4, -0.2) is 35.1 Å². The van der Waals surface area contributed by atoms with Gasteiger partial charge in [0, 0.05) is 5.92 Å². The number of carbonyl (C=O) groups excluding carboxylic acids is 2. The van der Waals surface area contributed by atoms with Gasteiger partial charge in [-0.05, 0) is 30.6 Å². The van der Waals surface area contributed by atoms with Crippen molar-refractivity contribution in [1.29, 1.82) is 0 Å². The molecule has 0 saturated heterocycles. The molecule has 0 radical (unpaired) electrons. The molecule has 0 heterocycles. The Morgan fingerprint density at radius 1 is 1.13 bits per heavy atom. The van der Waals surface area contributed by atoms with Crippen LogP contribution in [0.15, 0.2) is 0 Å². The number of amides is 2. The van der Waals surface area contributed by atoms with E-state index >= 15 is 0 Å². The fraction of sp³-hybridized carbons (Fsp3) is 0.812. The van der Waals surface area contributed by atoms with Crippen molar-refractivity contribution in [2.24, 2.45) is 22.5 Å². The number of nitrogens with two attached hydrogens (primary N) is 1. The first-order chi connectivity index (χ1) is 10.4. The van der Waals surface area contributed by atoms with Gasteiger partial charge in [0.1, 0.15) is 0 Å². The molecule has 5 N–H and O–H groups in total. The SMILES string of the molecule is C[C@@H](NC(=O)C1C(C)(C)CCC1(C)C)NC(=O)[C@@H](N)CC(=O)O. The summed E-state index contributed by atoms with van der Waals surface area (Å²) in [4.78, 5) is 35.0. The van der Waals surface area contributed by atoms with E-state index in [0.29, 0.717) is 0 Å². The largest absolute Gasteiger partial charge is 0.481 e. The van der Waals surface area contributed by atoms with Gasteiger partial charge in [0.05, 0.1) is 18.6 Å². The van der Waals surface area contributed by atoms with Crippen molar-refractivity contribution in [3.63, 3.8) is 0 Å². The molecule has 7 nitrogen and oxygen atoms in total. The topological polar surface area (TPSA) is 122 Å². The lowest BCUT2D eigenvalue weighted by molar-refractivity contribution is -0.140. The van der Waals surface area contributed by atoms with Gasteiger partial charge in [-0.3, -0.25) is 14.4 Å². The quantitative estimate of drug-likeness (QED) is 0.538. The van der Waals surface area contributed by atoms with E-state index in [2.05, 4.69) is 38.3 Å². The van der Waals surface area contributed by atoms with Crippen LogP contribution in [0.2, 0.25) is 0 Å². The van der Waals surface area contributed by atoms with Gasteiger partial charge >= 0.3 is 5.97 Å². The maximum absolute atomic E-state index is 12.6. The van der Waals surface area contributed by atoms with Crippen LogP contribution in [0.25, 0.3) is 0 Å². The standard InChI is InChI=1S/C16H29N3O4/c1-9(18-13(22)10(17)8-11(20)21)19-14(23)12-15(2,3)6-7-16(12,4)5/h9-10,12H,6-8,17H2,1-5H3,(H,18,22)(H,19,23)(H,20,21)/t9-,10+/m1/s1. The van der Waals surface area contributed by atoms with E-state index in [-0.39, 0.29) is 22.7 Å². The van der Waals surface area contributed by atoms with E-state index < -0.39 is 30.5 Å². The monoisotopic (exact) mass is 327 g/mol. The Kier molecular flexibility index (Phi) is 5.79. The average molecular weight is 327 g/mol. The Balaban J connectivity index is 2.63. The Morgan fingerprint density at radius 2 is 1.61 bits per heavy atom. The molecule has 1 aliphatic carbocycles. The lowest BCUT2D eigenvalue weighted by atomic mass is 9.72. The third kappa shape index (κ3) is 4.92. The van der Waals surface area contributed by atoms with E-state index in [4.69, 9.17) is 10.8 Å². The van der Waals surface area contributed by atoms with Crippen molar-refractivity contribution in [3.8, 4) is 0 Å². The zero-order chi connectivity index (χ0) is 18.0. The molecule has 0 aromatic carbocycles. The number of carboxylic acid groups (broad SMARTS) is 1. The fourth-order valence-electron chi connectivity index (χ4n) is 3.63. The molecule has 132 valence electrons. The second-order valence-corrected chi connectivity index (χ2v) is 7.85. The smallest absolute Gasteiger partial charge is 0.305 e. The lowest BCUT2D eigenvalue weighted by Crippen LogP contribution is -2.54. The van der Waals surface area contributed by atoms with Gasteiger partial charge < -0.3 is 21.5 Å². The molecule has 1 saturated carbocycles. The number of carboxylic acids is 1. The first-order valence-corrected chi connectivity index (χ1v) is 7.95. The Bertz CT molecular complexity index is 472. The second-order valence-electron chi connectivity index (χ2n) is 7.85. The molecule has 0 spiro atoms. The number of hydrogen-bond donors (Lipinski definition) is 4. The summed E-state index contributed by atoms with van der Waals surface area (Å²) in [5, 5.41) is 14.0. The molecular formula is C16H29N3O4. The van der Waals surface area contributed by atoms with E-state index in [1.807, 2.05) is 0 Å². The van der Waals surface area contributed by atoms with Crippen LogP contribution >= 0.6 is 0 Å². The van der Waals surface area contributed by atoms with Crippen LogP contribution in [0.1, 0.15) is 53.9 Å². The molecule has 0 aromatic rings. The number of hydrogen-bond acceptors (Lipinski definition) is 4. The van der Waals surface area contributed by atoms with E-state index in [1.165, 1.54) is 0 Å². The number of nitrogens with one attached hydrogen (secondary N) is 2. The summed E-state index contributed by atoms with van der Waals surface area (Å²) in [5.41, 5.74) is 5.30. The molecule has 1 aliphatic rings. The summed E-state index contributed by atoms with van der Waals surface area (Å²) >= 11 is 0. The van der Waals surface area contributed by atoms with Crippen LogP contribution in [-0.2, 0) is 14.4 Å². The van der Waals surface area contributed by atoms with Gasteiger partial charge in [-0.15, -0.1) is 0 Å². The first-order valence-electron chi connectivity index (χ1n) is 7.95. The van der Waals surface area contributed by atoms with Crippen LogP contribution < -0.4 is 16.4 Å². The van der Waals surface area contributed by atoms with E-state index in [0.717, 1.165) is 12.8 Å². The van der Waals surface area contributed by atoms with Gasteiger partial charge in [0.15, 0.2) is 0 Å². The van der Waals surface area contributed by atoms with Crippen LogP contribution in [0.5, 0.6) is 0 Å². The molecule has 23 heavy (non-hydrogen) atoms. The zero-order valence-electron chi connectivity index (χ0n) is 14.6. The van der Waals surface area contributed by atoms with E-state index in [1.54, 1.807) is 6.92 Å². The number of aliphatic carboxylic acids is 1. The number of rotatable bonds is 6. The summed E-state index contributed by atoms with van der Waals surface area (Å²) in [6.07, 6.45) is 0.891. The van der Waals surface area contributed by atoms with Crippen LogP contribution in [0, 0.1) is 16.7 Å². The van der Waals surface area contributed by atoms with Gasteiger partial charge in [-0.25, -0.2) is 0 Å². The predicted octanol–water partition coefficient (Wildman–Crippen LogP) is 0.829. The van der Waals surface area contributed by atoms with Crippen molar-refractivity contribution < 1.29 is 19.5 Å². The summed E-state index contributed by atoms with van der Waals surface area (Å²) in [6, 6.07) is -1.13. The molecular weight excluding hydrogens is 298 g/mol. The fourth-order valence-corrected chi connectivity index (χ4v) is 3.63. The highest BCUT2D eigenvalue weighted by atomic mass is 16.4. The predicted molar refractivity (Wildman–Crippen MR) is 86.3 cm³/mol. The van der Waals surface area contributed by atoms with Gasteiger partial charge in [0.25, 0.3) is 0 Å². The maximum atomic E-state index is 12.6. The minimum atomic E-state index is -1.14. The van der Waals surface area contributed by atoms with Crippen LogP contribution in [0.3, 0.4) is 0 Å². The highest BCUT2D eigenvalue weighted by molar-refractivity contribution is 5.87. The zero-order valence-corrected chi connectivity index (χ0v) is 14.6. The van der Waals surface area contributed by atoms with Gasteiger partial charge in [-0.2, -0.15) is 0 Å². The summed E-state index contributed by atoms with van der Waals surface area (Å²) in [6.45, 7) is 9.96. The molecule has 0 unspecified atom stereocenters. The first kappa shape index (κ1) is 19.4. The molecule has 0 bridgehead atoms. The van der Waals surface area contributed by atoms with E-state index in [9.17, 15) is 14.4 Å². The Hall–Kier alpha value is -1.63. The van der Waals surface area contributed by atoms with Crippen molar-refractivity contribution >= 4 is 17.8 Å². The van der Waals surface area contributed by atoms with Gasteiger partial charge in [-0.1, -0.05) is 27.7 Å². The molecule has 0 aromatic heterocycles.